The average Bonchev–Trinajstić information content (AvgIpc) is 2.65. The Balaban J connectivity index is 1.72. The van der Waals surface area contributed by atoms with Crippen LogP contribution in [0.1, 0.15) is 5.56 Å². The molecule has 6 nitrogen and oxygen atoms in total. The highest BCUT2D eigenvalue weighted by atomic mass is 16.5. The molecule has 2 aromatic carbocycles. The van der Waals surface area contributed by atoms with Gasteiger partial charge in [-0.15, -0.1) is 0 Å². The molecule has 2 amide bonds. The van der Waals surface area contributed by atoms with E-state index in [1.54, 1.807) is 36.3 Å². The molecule has 0 aromatic heterocycles. The normalized spacial score (nSPS) is 17.2. The summed E-state index contributed by atoms with van der Waals surface area (Å²) in [5, 5.41) is 2.83. The van der Waals surface area contributed by atoms with Gasteiger partial charge in [0, 0.05) is 12.2 Å². The molecule has 2 aromatic rings. The number of rotatable bonds is 5. The van der Waals surface area contributed by atoms with Gasteiger partial charge in [-0.2, -0.15) is 0 Å². The lowest BCUT2D eigenvalue weighted by Gasteiger charge is -2.34. The van der Waals surface area contributed by atoms with Crippen molar-refractivity contribution in [1.29, 1.82) is 0 Å². The van der Waals surface area contributed by atoms with Gasteiger partial charge in [-0.25, -0.2) is 0 Å². The van der Waals surface area contributed by atoms with Crippen LogP contribution in [0.2, 0.25) is 0 Å². The van der Waals surface area contributed by atoms with Crippen LogP contribution in [-0.2, 0) is 20.9 Å². The van der Waals surface area contributed by atoms with Gasteiger partial charge in [0.25, 0.3) is 0 Å². The van der Waals surface area contributed by atoms with Crippen LogP contribution in [0.3, 0.4) is 0 Å². The molecule has 1 heterocycles. The molecule has 6 heteroatoms. The number of morpholine rings is 1. The predicted octanol–water partition coefficient (Wildman–Crippen LogP) is 2.06. The molecule has 1 aliphatic rings. The number of nitrogens with zero attached hydrogens (tertiary/aromatic N) is 1. The molecule has 0 radical (unpaired) electrons. The van der Waals surface area contributed by atoms with E-state index < -0.39 is 6.04 Å². The minimum Gasteiger partial charge on any atom is -0.497 e. The van der Waals surface area contributed by atoms with Gasteiger partial charge in [-0.1, -0.05) is 30.3 Å². The quantitative estimate of drug-likeness (QED) is 0.905. The van der Waals surface area contributed by atoms with E-state index in [-0.39, 0.29) is 25.0 Å². The molecule has 1 saturated heterocycles. The van der Waals surface area contributed by atoms with E-state index in [9.17, 15) is 9.59 Å². The Labute approximate surface area is 146 Å². The van der Waals surface area contributed by atoms with Crippen LogP contribution in [0, 0.1) is 0 Å². The van der Waals surface area contributed by atoms with Crippen LogP contribution < -0.4 is 10.1 Å². The van der Waals surface area contributed by atoms with Crippen molar-refractivity contribution in [3.05, 3.63) is 60.2 Å². The Kier molecular flexibility index (Phi) is 5.30. The van der Waals surface area contributed by atoms with Gasteiger partial charge < -0.3 is 19.7 Å². The van der Waals surface area contributed by atoms with Gasteiger partial charge in [0.05, 0.1) is 13.7 Å². The Morgan fingerprint density at radius 3 is 2.60 bits per heavy atom. The molecule has 25 heavy (non-hydrogen) atoms. The molecule has 130 valence electrons. The topological polar surface area (TPSA) is 67.9 Å². The van der Waals surface area contributed by atoms with E-state index in [2.05, 4.69) is 5.32 Å². The van der Waals surface area contributed by atoms with Crippen LogP contribution >= 0.6 is 0 Å². The molecule has 0 spiro atoms. The number of carbonyl (C=O) groups is 2. The minimum absolute atomic E-state index is 0.000844. The van der Waals surface area contributed by atoms with Crippen molar-refractivity contribution in [3.63, 3.8) is 0 Å². The van der Waals surface area contributed by atoms with Crippen molar-refractivity contribution in [1.82, 2.24) is 4.90 Å². The third kappa shape index (κ3) is 4.16. The lowest BCUT2D eigenvalue weighted by atomic mass is 10.1. The lowest BCUT2D eigenvalue weighted by Crippen LogP contribution is -2.54. The van der Waals surface area contributed by atoms with Gasteiger partial charge in [0.1, 0.15) is 18.4 Å². The largest absolute Gasteiger partial charge is 0.497 e. The maximum Gasteiger partial charge on any atom is 0.249 e. The summed E-state index contributed by atoms with van der Waals surface area (Å²) >= 11 is 0. The third-order valence-electron chi connectivity index (χ3n) is 4.05. The molecule has 0 aliphatic carbocycles. The number of anilines is 1. The number of benzene rings is 2. The number of hydrogen-bond acceptors (Lipinski definition) is 4. The molecular formula is C19H20N2O4. The van der Waals surface area contributed by atoms with Crippen molar-refractivity contribution in [2.45, 2.75) is 12.6 Å². The second-order valence-corrected chi connectivity index (χ2v) is 5.76. The van der Waals surface area contributed by atoms with Crippen LogP contribution in [0.25, 0.3) is 0 Å². The van der Waals surface area contributed by atoms with Crippen LogP contribution in [0.5, 0.6) is 5.75 Å². The van der Waals surface area contributed by atoms with Crippen molar-refractivity contribution in [3.8, 4) is 5.75 Å². The van der Waals surface area contributed by atoms with Gasteiger partial charge in [-0.05, 0) is 29.8 Å². The average molecular weight is 340 g/mol. The summed E-state index contributed by atoms with van der Waals surface area (Å²) in [6, 6.07) is 16.0. The fourth-order valence-corrected chi connectivity index (χ4v) is 2.70. The summed E-state index contributed by atoms with van der Waals surface area (Å²) in [4.78, 5) is 26.5. The van der Waals surface area contributed by atoms with Gasteiger partial charge in [-0.3, -0.25) is 9.59 Å². The third-order valence-corrected chi connectivity index (χ3v) is 4.05. The second kappa shape index (κ2) is 7.81. The summed E-state index contributed by atoms with van der Waals surface area (Å²) in [6.07, 6.45) is 0. The summed E-state index contributed by atoms with van der Waals surface area (Å²) in [6.45, 7) is 0.559. The summed E-state index contributed by atoms with van der Waals surface area (Å²) < 4.78 is 10.4. The smallest absolute Gasteiger partial charge is 0.249 e. The standard InChI is InChI=1S/C19H20N2O4/c1-24-16-9-7-15(8-10-16)20-19(23)17-12-25-13-18(22)21(17)11-14-5-3-2-4-6-14/h2-10,17H,11-13H2,1H3,(H,20,23). The van der Waals surface area contributed by atoms with Gasteiger partial charge in [0.15, 0.2) is 0 Å². The highest BCUT2D eigenvalue weighted by Gasteiger charge is 2.34. The molecule has 1 N–H and O–H groups in total. The first-order valence-electron chi connectivity index (χ1n) is 8.03. The second-order valence-electron chi connectivity index (χ2n) is 5.76. The molecule has 1 aliphatic heterocycles. The Morgan fingerprint density at radius 1 is 1.20 bits per heavy atom. The number of ether oxygens (including phenoxy) is 2. The SMILES string of the molecule is COc1ccc(NC(=O)C2COCC(=O)N2Cc2ccccc2)cc1. The van der Waals surface area contributed by atoms with Crippen molar-refractivity contribution >= 4 is 17.5 Å². The number of hydrogen-bond donors (Lipinski definition) is 1. The summed E-state index contributed by atoms with van der Waals surface area (Å²) in [7, 11) is 1.58. The first-order valence-corrected chi connectivity index (χ1v) is 8.03. The number of carbonyl (C=O) groups excluding carboxylic acids is 2. The zero-order valence-electron chi connectivity index (χ0n) is 14.0. The van der Waals surface area contributed by atoms with Crippen LogP contribution in [0.15, 0.2) is 54.6 Å². The van der Waals surface area contributed by atoms with Crippen molar-refractivity contribution in [2.75, 3.05) is 25.6 Å². The Bertz CT molecular complexity index is 731. The van der Waals surface area contributed by atoms with Crippen LogP contribution in [0.4, 0.5) is 5.69 Å². The summed E-state index contributed by atoms with van der Waals surface area (Å²) in [5.41, 5.74) is 1.61. The molecule has 0 saturated carbocycles. The monoisotopic (exact) mass is 340 g/mol. The van der Waals surface area contributed by atoms with E-state index in [4.69, 9.17) is 9.47 Å². The molecule has 1 fully saturated rings. The zero-order chi connectivity index (χ0) is 17.6. The maximum absolute atomic E-state index is 12.7. The van der Waals surface area contributed by atoms with E-state index in [0.29, 0.717) is 18.0 Å². The maximum atomic E-state index is 12.7. The number of amides is 2. The van der Waals surface area contributed by atoms with Gasteiger partial charge >= 0.3 is 0 Å². The Morgan fingerprint density at radius 2 is 1.92 bits per heavy atom. The van der Waals surface area contributed by atoms with E-state index in [1.807, 2.05) is 30.3 Å². The zero-order valence-corrected chi connectivity index (χ0v) is 14.0. The highest BCUT2D eigenvalue weighted by Crippen LogP contribution is 2.18. The first kappa shape index (κ1) is 17.0. The highest BCUT2D eigenvalue weighted by molar-refractivity contribution is 5.98. The molecule has 3 rings (SSSR count). The summed E-state index contributed by atoms with van der Waals surface area (Å²) in [5.74, 6) is 0.249. The molecule has 1 unspecified atom stereocenters. The lowest BCUT2D eigenvalue weighted by molar-refractivity contribution is -0.154. The molecule has 1 atom stereocenters. The molecular weight excluding hydrogens is 320 g/mol. The van der Waals surface area contributed by atoms with E-state index in [0.717, 1.165) is 5.56 Å². The van der Waals surface area contributed by atoms with E-state index >= 15 is 0 Å². The minimum atomic E-state index is -0.663. The Hall–Kier alpha value is -2.86. The van der Waals surface area contributed by atoms with Crippen molar-refractivity contribution < 1.29 is 19.1 Å². The number of nitrogens with one attached hydrogen (secondary N) is 1. The van der Waals surface area contributed by atoms with Gasteiger partial charge in [0.2, 0.25) is 11.8 Å². The van der Waals surface area contributed by atoms with E-state index in [1.165, 1.54) is 0 Å². The predicted molar refractivity (Wildman–Crippen MR) is 93.2 cm³/mol. The number of methoxy groups -OCH3 is 1. The fourth-order valence-electron chi connectivity index (χ4n) is 2.70. The molecule has 0 bridgehead atoms. The van der Waals surface area contributed by atoms with Crippen molar-refractivity contribution in [2.24, 2.45) is 0 Å². The van der Waals surface area contributed by atoms with Crippen LogP contribution in [-0.4, -0.2) is 43.1 Å². The fraction of sp³-hybridized carbons (Fsp3) is 0.263. The first-order chi connectivity index (χ1) is 12.2.